The van der Waals surface area contributed by atoms with Crippen molar-refractivity contribution in [2.45, 2.75) is 45.1 Å². The van der Waals surface area contributed by atoms with Gasteiger partial charge in [0.2, 0.25) is 5.91 Å². The Morgan fingerprint density at radius 3 is 2.71 bits per heavy atom. The van der Waals surface area contributed by atoms with E-state index in [1.165, 1.54) is 0 Å². The highest BCUT2D eigenvalue weighted by Gasteiger charge is 2.44. The third kappa shape index (κ3) is 2.60. The van der Waals surface area contributed by atoms with Crippen molar-refractivity contribution in [1.82, 2.24) is 25.5 Å². The summed E-state index contributed by atoms with van der Waals surface area (Å²) in [5.74, 6) is 0.726. The van der Waals surface area contributed by atoms with Crippen LogP contribution in [-0.2, 0) is 14.9 Å². The minimum Gasteiger partial charge on any atom is -0.379 e. The van der Waals surface area contributed by atoms with Crippen LogP contribution in [0.5, 0.6) is 0 Å². The van der Waals surface area contributed by atoms with E-state index >= 15 is 0 Å². The second-order valence-corrected chi connectivity index (χ2v) is 6.81. The summed E-state index contributed by atoms with van der Waals surface area (Å²) in [6.07, 6.45) is 1.59. The third-order valence-electron chi connectivity index (χ3n) is 4.86. The maximum Gasteiger partial charge on any atom is 0.232 e. The Hall–Kier alpha value is -2.22. The number of H-pyrrole nitrogens is 1. The van der Waals surface area contributed by atoms with E-state index in [1.807, 2.05) is 32.6 Å². The molecule has 1 N–H and O–H groups in total. The summed E-state index contributed by atoms with van der Waals surface area (Å²) < 4.78 is 10.8. The quantitative estimate of drug-likeness (QED) is 0.906. The molecule has 24 heavy (non-hydrogen) atoms. The fraction of sp³-hybridized carbons (Fsp3) is 0.625. The number of nitrogens with one attached hydrogen (secondary N) is 1. The van der Waals surface area contributed by atoms with Gasteiger partial charge in [0.05, 0.1) is 35.0 Å². The molecule has 0 unspecified atom stereocenters. The minimum absolute atomic E-state index is 0.0122. The van der Waals surface area contributed by atoms with Gasteiger partial charge in [0.15, 0.2) is 0 Å². The molecule has 0 saturated carbocycles. The van der Waals surface area contributed by atoms with Gasteiger partial charge in [0, 0.05) is 25.8 Å². The number of hydrogen-bond acceptors (Lipinski definition) is 6. The smallest absolute Gasteiger partial charge is 0.232 e. The molecule has 8 heteroatoms. The zero-order valence-corrected chi connectivity index (χ0v) is 14.7. The molecule has 2 aromatic heterocycles. The Balaban J connectivity index is 1.85. The number of hydrogen-bond donors (Lipinski definition) is 1. The van der Waals surface area contributed by atoms with Gasteiger partial charge in [-0.3, -0.25) is 4.79 Å². The van der Waals surface area contributed by atoms with Crippen LogP contribution in [0.3, 0.4) is 0 Å². The fourth-order valence-electron chi connectivity index (χ4n) is 3.73. The lowest BCUT2D eigenvalue weighted by Crippen LogP contribution is -2.43. The van der Waals surface area contributed by atoms with Crippen LogP contribution in [-0.4, -0.2) is 57.7 Å². The van der Waals surface area contributed by atoms with Crippen LogP contribution in [0.1, 0.15) is 42.5 Å². The molecule has 1 aliphatic rings. The number of aromatic amines is 1. The molecule has 2 aromatic rings. The number of amides is 1. The number of methoxy groups -OCH3 is 1. The van der Waals surface area contributed by atoms with Gasteiger partial charge in [0.1, 0.15) is 5.76 Å². The van der Waals surface area contributed by atoms with Crippen molar-refractivity contribution in [3.05, 3.63) is 28.9 Å². The molecule has 130 valence electrons. The van der Waals surface area contributed by atoms with Crippen molar-refractivity contribution in [3.63, 3.8) is 0 Å². The van der Waals surface area contributed by atoms with E-state index in [0.717, 1.165) is 17.0 Å². The maximum atomic E-state index is 13.2. The van der Waals surface area contributed by atoms with Crippen LogP contribution in [0.2, 0.25) is 0 Å². The van der Waals surface area contributed by atoms with Crippen molar-refractivity contribution in [2.75, 3.05) is 20.2 Å². The normalized spacial score (nSPS) is 21.5. The van der Waals surface area contributed by atoms with Crippen molar-refractivity contribution in [2.24, 2.45) is 0 Å². The minimum atomic E-state index is -0.717. The fourth-order valence-corrected chi connectivity index (χ4v) is 3.73. The van der Waals surface area contributed by atoms with E-state index in [9.17, 15) is 4.79 Å². The Morgan fingerprint density at radius 2 is 2.17 bits per heavy atom. The Kier molecular flexibility index (Phi) is 4.16. The van der Waals surface area contributed by atoms with Crippen LogP contribution in [0.25, 0.3) is 0 Å². The van der Waals surface area contributed by atoms with E-state index in [2.05, 4.69) is 20.6 Å². The number of nitrogens with zero attached hydrogens (tertiary/aromatic N) is 4. The Bertz CT molecular complexity index is 703. The van der Waals surface area contributed by atoms with E-state index in [4.69, 9.17) is 9.26 Å². The molecule has 0 aromatic carbocycles. The molecular weight excluding hydrogens is 310 g/mol. The van der Waals surface area contributed by atoms with Crippen LogP contribution in [0.4, 0.5) is 0 Å². The highest BCUT2D eigenvalue weighted by molar-refractivity contribution is 5.88. The summed E-state index contributed by atoms with van der Waals surface area (Å²) >= 11 is 0. The van der Waals surface area contributed by atoms with E-state index < -0.39 is 5.41 Å². The molecular formula is C16H23N5O3. The number of carbonyl (C=O) groups is 1. The zero-order valence-electron chi connectivity index (χ0n) is 14.7. The number of likely N-dealkylation sites (tertiary alicyclic amines) is 1. The average Bonchev–Trinajstić information content (AvgIpc) is 3.25. The second-order valence-electron chi connectivity index (χ2n) is 6.81. The monoisotopic (exact) mass is 333 g/mol. The van der Waals surface area contributed by atoms with Gasteiger partial charge in [0.25, 0.3) is 0 Å². The number of aromatic nitrogens is 4. The summed E-state index contributed by atoms with van der Waals surface area (Å²) in [4.78, 5) is 15.0. The van der Waals surface area contributed by atoms with Crippen molar-refractivity contribution in [3.8, 4) is 0 Å². The SMILES string of the molecule is CO[C@@H]1CN(C(=O)C(C)(C)c2c(C)noc2C)C[C@H]1c1cn[nH]n1. The number of ether oxygens (including phenoxy) is 1. The second kappa shape index (κ2) is 6.01. The molecule has 1 fully saturated rings. The predicted molar refractivity (Wildman–Crippen MR) is 85.5 cm³/mol. The molecule has 0 spiro atoms. The van der Waals surface area contributed by atoms with Crippen molar-refractivity contribution >= 4 is 5.91 Å². The van der Waals surface area contributed by atoms with Crippen LogP contribution < -0.4 is 0 Å². The summed E-state index contributed by atoms with van der Waals surface area (Å²) in [7, 11) is 1.66. The molecule has 2 atom stereocenters. The highest BCUT2D eigenvalue weighted by Crippen LogP contribution is 2.35. The third-order valence-corrected chi connectivity index (χ3v) is 4.86. The summed E-state index contributed by atoms with van der Waals surface area (Å²) in [5.41, 5.74) is 1.70. The van der Waals surface area contributed by atoms with Crippen LogP contribution >= 0.6 is 0 Å². The zero-order chi connectivity index (χ0) is 17.5. The lowest BCUT2D eigenvalue weighted by molar-refractivity contribution is -0.135. The lowest BCUT2D eigenvalue weighted by atomic mass is 9.82. The van der Waals surface area contributed by atoms with Crippen LogP contribution in [0, 0.1) is 13.8 Å². The van der Waals surface area contributed by atoms with Gasteiger partial charge in [-0.15, -0.1) is 0 Å². The Labute approximate surface area is 140 Å². The van der Waals surface area contributed by atoms with Crippen molar-refractivity contribution in [1.29, 1.82) is 0 Å². The van der Waals surface area contributed by atoms with Gasteiger partial charge < -0.3 is 14.2 Å². The predicted octanol–water partition coefficient (Wildman–Crippen LogP) is 1.33. The highest BCUT2D eigenvalue weighted by atomic mass is 16.5. The molecule has 0 radical (unpaired) electrons. The first-order valence-corrected chi connectivity index (χ1v) is 7.97. The first kappa shape index (κ1) is 16.6. The molecule has 1 aliphatic heterocycles. The van der Waals surface area contributed by atoms with Gasteiger partial charge in [-0.25, -0.2) is 0 Å². The molecule has 0 bridgehead atoms. The average molecular weight is 333 g/mol. The molecule has 1 amide bonds. The maximum absolute atomic E-state index is 13.2. The standard InChI is InChI=1S/C16H23N5O3/c1-9-14(10(2)24-19-9)16(3,4)15(22)21-7-11(13(8-21)23-5)12-6-17-20-18-12/h6,11,13H,7-8H2,1-5H3,(H,17,18,20)/t11-,13+/m0/s1. The molecule has 0 aliphatic carbocycles. The molecule has 3 rings (SSSR count). The number of carbonyl (C=O) groups excluding carboxylic acids is 1. The summed E-state index contributed by atoms with van der Waals surface area (Å²) in [6.45, 7) is 8.60. The van der Waals surface area contributed by atoms with Gasteiger partial charge in [-0.05, 0) is 27.7 Å². The summed E-state index contributed by atoms with van der Waals surface area (Å²) in [6, 6.07) is 0. The van der Waals surface area contributed by atoms with Gasteiger partial charge in [-0.2, -0.15) is 15.4 Å². The number of aryl methyl sites for hydroxylation is 2. The topological polar surface area (TPSA) is 97.1 Å². The first-order chi connectivity index (χ1) is 11.4. The number of rotatable bonds is 4. The van der Waals surface area contributed by atoms with Crippen LogP contribution in [0.15, 0.2) is 10.7 Å². The summed E-state index contributed by atoms with van der Waals surface area (Å²) in [5, 5.41) is 14.6. The van der Waals surface area contributed by atoms with Crippen molar-refractivity contribution < 1.29 is 14.1 Å². The lowest BCUT2D eigenvalue weighted by Gasteiger charge is -2.29. The van der Waals surface area contributed by atoms with E-state index in [0.29, 0.717) is 18.8 Å². The molecule has 1 saturated heterocycles. The first-order valence-electron chi connectivity index (χ1n) is 7.97. The van der Waals surface area contributed by atoms with E-state index in [1.54, 1.807) is 13.3 Å². The van der Waals surface area contributed by atoms with Gasteiger partial charge in [-0.1, -0.05) is 5.16 Å². The van der Waals surface area contributed by atoms with Gasteiger partial charge >= 0.3 is 0 Å². The largest absolute Gasteiger partial charge is 0.379 e. The molecule has 8 nitrogen and oxygen atoms in total. The Morgan fingerprint density at radius 1 is 1.42 bits per heavy atom. The van der Waals surface area contributed by atoms with E-state index in [-0.39, 0.29) is 17.9 Å². The molecule has 3 heterocycles.